The highest BCUT2D eigenvalue weighted by Crippen LogP contribution is 2.14. The minimum Gasteiger partial charge on any atom is -0.494 e. The molecular formula is C20H24N2O2. The molecule has 0 amide bonds. The Morgan fingerprint density at radius 1 is 0.875 bits per heavy atom. The highest BCUT2D eigenvalue weighted by molar-refractivity contribution is 5.94. The number of rotatable bonds is 10. The number of nitrogens with two attached hydrogens (primary N) is 1. The third kappa shape index (κ3) is 5.80. The second-order valence-electron chi connectivity index (χ2n) is 5.47. The van der Waals surface area contributed by atoms with E-state index in [4.69, 9.17) is 20.6 Å². The number of hydrogen-bond acceptors (Lipinski definition) is 3. The summed E-state index contributed by atoms with van der Waals surface area (Å²) in [6.45, 7) is 5.11. The number of ether oxygens (including phenoxy) is 2. The van der Waals surface area contributed by atoms with E-state index in [9.17, 15) is 0 Å². The summed E-state index contributed by atoms with van der Waals surface area (Å²) in [7, 11) is 0. The Morgan fingerprint density at radius 3 is 1.83 bits per heavy atom. The van der Waals surface area contributed by atoms with Crippen LogP contribution in [0.1, 0.15) is 30.4 Å². The Labute approximate surface area is 143 Å². The van der Waals surface area contributed by atoms with Gasteiger partial charge in [-0.25, -0.2) is 0 Å². The van der Waals surface area contributed by atoms with Gasteiger partial charge < -0.3 is 15.2 Å². The fourth-order valence-electron chi connectivity index (χ4n) is 2.19. The molecule has 4 nitrogen and oxygen atoms in total. The number of unbranched alkanes of at least 4 members (excludes halogenated alkanes) is 2. The first-order chi connectivity index (χ1) is 11.7. The van der Waals surface area contributed by atoms with Gasteiger partial charge >= 0.3 is 0 Å². The van der Waals surface area contributed by atoms with Gasteiger partial charge in [-0.05, 0) is 61.2 Å². The predicted octanol–water partition coefficient (Wildman–Crippen LogP) is 4.24. The van der Waals surface area contributed by atoms with Gasteiger partial charge in [-0.2, -0.15) is 0 Å². The fraction of sp³-hybridized carbons (Fsp3) is 0.250. The summed E-state index contributed by atoms with van der Waals surface area (Å²) < 4.78 is 11.4. The van der Waals surface area contributed by atoms with E-state index in [0.29, 0.717) is 18.8 Å². The Balaban J connectivity index is 1.56. The molecule has 24 heavy (non-hydrogen) atoms. The molecule has 3 N–H and O–H groups in total. The van der Waals surface area contributed by atoms with Crippen LogP contribution >= 0.6 is 0 Å². The van der Waals surface area contributed by atoms with Gasteiger partial charge in [0, 0.05) is 5.56 Å². The van der Waals surface area contributed by atoms with Crippen LogP contribution < -0.4 is 15.2 Å². The van der Waals surface area contributed by atoms with Gasteiger partial charge in [-0.15, -0.1) is 0 Å². The molecule has 0 aliphatic carbocycles. The lowest BCUT2D eigenvalue weighted by molar-refractivity contribution is 0.279. The second-order valence-corrected chi connectivity index (χ2v) is 5.47. The van der Waals surface area contributed by atoms with Gasteiger partial charge in [0.1, 0.15) is 17.3 Å². The molecule has 0 unspecified atom stereocenters. The molecule has 0 saturated carbocycles. The Morgan fingerprint density at radius 2 is 1.38 bits per heavy atom. The summed E-state index contributed by atoms with van der Waals surface area (Å²) in [4.78, 5) is 0. The van der Waals surface area contributed by atoms with Crippen LogP contribution in [0.2, 0.25) is 0 Å². The van der Waals surface area contributed by atoms with Crippen molar-refractivity contribution < 1.29 is 9.47 Å². The summed E-state index contributed by atoms with van der Waals surface area (Å²) in [6.07, 6.45) is 4.84. The number of hydrogen-bond donors (Lipinski definition) is 2. The highest BCUT2D eigenvalue weighted by Gasteiger charge is 1.98. The van der Waals surface area contributed by atoms with Crippen molar-refractivity contribution in [3.8, 4) is 11.5 Å². The highest BCUT2D eigenvalue weighted by atomic mass is 16.5. The zero-order valence-electron chi connectivity index (χ0n) is 13.8. The van der Waals surface area contributed by atoms with Crippen molar-refractivity contribution in [2.45, 2.75) is 19.3 Å². The molecule has 2 aromatic carbocycles. The van der Waals surface area contributed by atoms with Gasteiger partial charge in [0.2, 0.25) is 0 Å². The minimum absolute atomic E-state index is 0.0701. The summed E-state index contributed by atoms with van der Waals surface area (Å²) in [5, 5.41) is 7.34. The Hall–Kier alpha value is -2.75. The Kier molecular flexibility index (Phi) is 6.90. The molecule has 0 spiro atoms. The summed E-state index contributed by atoms with van der Waals surface area (Å²) in [5.74, 6) is 1.77. The van der Waals surface area contributed by atoms with Crippen LogP contribution in [0.15, 0.2) is 55.1 Å². The minimum atomic E-state index is 0.0701. The van der Waals surface area contributed by atoms with E-state index < -0.39 is 0 Å². The van der Waals surface area contributed by atoms with E-state index >= 15 is 0 Å². The third-order valence-corrected chi connectivity index (χ3v) is 3.61. The van der Waals surface area contributed by atoms with Crippen LogP contribution in [-0.4, -0.2) is 19.0 Å². The van der Waals surface area contributed by atoms with Crippen LogP contribution in [0.4, 0.5) is 0 Å². The third-order valence-electron chi connectivity index (χ3n) is 3.61. The van der Waals surface area contributed by atoms with E-state index in [0.717, 1.165) is 36.3 Å². The molecular weight excluding hydrogens is 300 g/mol. The molecule has 0 atom stereocenters. The topological polar surface area (TPSA) is 68.3 Å². The molecule has 0 bridgehead atoms. The van der Waals surface area contributed by atoms with E-state index in [1.165, 1.54) is 0 Å². The molecule has 0 aliphatic heterocycles. The molecule has 2 aromatic rings. The van der Waals surface area contributed by atoms with Gasteiger partial charge in [0.25, 0.3) is 0 Å². The van der Waals surface area contributed by atoms with Gasteiger partial charge in [0.05, 0.1) is 13.2 Å². The van der Waals surface area contributed by atoms with Crippen LogP contribution in [0.3, 0.4) is 0 Å². The van der Waals surface area contributed by atoms with Crippen molar-refractivity contribution in [2.24, 2.45) is 5.73 Å². The first-order valence-electron chi connectivity index (χ1n) is 8.11. The van der Waals surface area contributed by atoms with Crippen LogP contribution in [0.25, 0.3) is 6.08 Å². The number of amidine groups is 1. The van der Waals surface area contributed by atoms with Crippen molar-refractivity contribution in [2.75, 3.05) is 13.2 Å². The van der Waals surface area contributed by atoms with E-state index in [-0.39, 0.29) is 5.84 Å². The molecule has 4 heteroatoms. The van der Waals surface area contributed by atoms with Crippen LogP contribution in [0, 0.1) is 5.41 Å². The quantitative estimate of drug-likeness (QED) is 0.390. The lowest BCUT2D eigenvalue weighted by Gasteiger charge is -2.08. The molecule has 0 aromatic heterocycles. The van der Waals surface area contributed by atoms with Crippen LogP contribution in [0.5, 0.6) is 11.5 Å². The smallest absolute Gasteiger partial charge is 0.122 e. The maximum atomic E-state index is 7.34. The summed E-state index contributed by atoms with van der Waals surface area (Å²) >= 11 is 0. The average Bonchev–Trinajstić information content (AvgIpc) is 2.62. The second kappa shape index (κ2) is 9.40. The lowest BCUT2D eigenvalue weighted by atomic mass is 10.2. The van der Waals surface area contributed by atoms with E-state index in [1.807, 2.05) is 42.5 Å². The maximum Gasteiger partial charge on any atom is 0.122 e. The fourth-order valence-corrected chi connectivity index (χ4v) is 2.19. The first kappa shape index (κ1) is 17.6. The van der Waals surface area contributed by atoms with Gasteiger partial charge in [0.15, 0.2) is 0 Å². The Bertz CT molecular complexity index is 648. The number of benzene rings is 2. The van der Waals surface area contributed by atoms with Gasteiger partial charge in [-0.1, -0.05) is 24.8 Å². The molecule has 0 radical (unpaired) electrons. The predicted molar refractivity (Wildman–Crippen MR) is 98.8 cm³/mol. The molecule has 126 valence electrons. The zero-order valence-corrected chi connectivity index (χ0v) is 13.8. The summed E-state index contributed by atoms with van der Waals surface area (Å²) in [5.41, 5.74) is 7.22. The lowest BCUT2D eigenvalue weighted by Crippen LogP contribution is -2.10. The number of nitrogen functional groups attached to an aromatic ring is 1. The number of nitrogens with one attached hydrogen (secondary N) is 1. The van der Waals surface area contributed by atoms with Crippen molar-refractivity contribution in [3.63, 3.8) is 0 Å². The van der Waals surface area contributed by atoms with Crippen molar-refractivity contribution >= 4 is 11.9 Å². The van der Waals surface area contributed by atoms with Crippen molar-refractivity contribution in [1.29, 1.82) is 5.41 Å². The molecule has 0 saturated heterocycles. The molecule has 2 rings (SSSR count). The monoisotopic (exact) mass is 324 g/mol. The maximum absolute atomic E-state index is 7.34. The van der Waals surface area contributed by atoms with E-state index in [1.54, 1.807) is 12.1 Å². The first-order valence-corrected chi connectivity index (χ1v) is 8.11. The molecule has 0 fully saturated rings. The van der Waals surface area contributed by atoms with E-state index in [2.05, 4.69) is 6.58 Å². The molecule has 0 heterocycles. The zero-order chi connectivity index (χ0) is 17.2. The summed E-state index contributed by atoms with van der Waals surface area (Å²) in [6, 6.07) is 15.2. The molecule has 0 aliphatic rings. The van der Waals surface area contributed by atoms with Crippen molar-refractivity contribution in [1.82, 2.24) is 0 Å². The van der Waals surface area contributed by atoms with Crippen LogP contribution in [-0.2, 0) is 0 Å². The largest absolute Gasteiger partial charge is 0.494 e. The average molecular weight is 324 g/mol. The van der Waals surface area contributed by atoms with Gasteiger partial charge in [-0.3, -0.25) is 5.41 Å². The normalized spacial score (nSPS) is 10.2. The van der Waals surface area contributed by atoms with Crippen molar-refractivity contribution in [3.05, 3.63) is 66.2 Å². The SMILES string of the molecule is C=Cc1ccc(OCCCCCOc2ccc(C(=N)N)cc2)cc1. The standard InChI is InChI=1S/C20H24N2O2/c1-2-16-6-10-18(11-7-16)23-14-4-3-5-15-24-19-12-8-17(9-13-19)20(21)22/h2,6-13H,1,3-5,14-15H2,(H3,21,22).